The zero-order chi connectivity index (χ0) is 21.6. The van der Waals surface area contributed by atoms with Crippen LogP contribution in [-0.4, -0.2) is 28.7 Å². The van der Waals surface area contributed by atoms with Gasteiger partial charge in [0.15, 0.2) is 0 Å². The molecule has 0 atom stereocenters. The molecule has 1 heterocycles. The van der Waals surface area contributed by atoms with Crippen molar-refractivity contribution in [3.8, 4) is 5.75 Å². The van der Waals surface area contributed by atoms with Gasteiger partial charge in [-0.05, 0) is 54.1 Å². The number of aromatic nitrogens is 2. The van der Waals surface area contributed by atoms with Gasteiger partial charge < -0.3 is 10.1 Å². The molecular weight excluding hydrogens is 413 g/mol. The second-order valence-electron chi connectivity index (χ2n) is 6.83. The SMILES string of the molecule is COc1ccc(NC(=O)CSc2nc3ccccc3nc2Cc2ccc(F)cc2)cc1. The molecule has 7 heteroatoms. The summed E-state index contributed by atoms with van der Waals surface area (Å²) < 4.78 is 18.4. The van der Waals surface area contributed by atoms with Crippen LogP contribution in [0.25, 0.3) is 11.0 Å². The number of halogens is 1. The highest BCUT2D eigenvalue weighted by molar-refractivity contribution is 8.00. The minimum Gasteiger partial charge on any atom is -0.497 e. The minimum atomic E-state index is -0.279. The van der Waals surface area contributed by atoms with Crippen molar-refractivity contribution >= 4 is 34.4 Å². The molecule has 4 rings (SSSR count). The summed E-state index contributed by atoms with van der Waals surface area (Å²) in [7, 11) is 1.60. The van der Waals surface area contributed by atoms with Crippen molar-refractivity contribution in [1.29, 1.82) is 0 Å². The number of amides is 1. The predicted molar refractivity (Wildman–Crippen MR) is 121 cm³/mol. The Labute approximate surface area is 183 Å². The fraction of sp³-hybridized carbons (Fsp3) is 0.125. The second-order valence-corrected chi connectivity index (χ2v) is 7.80. The number of anilines is 1. The summed E-state index contributed by atoms with van der Waals surface area (Å²) in [5.74, 6) is 0.496. The van der Waals surface area contributed by atoms with E-state index in [1.165, 1.54) is 23.9 Å². The van der Waals surface area contributed by atoms with Gasteiger partial charge >= 0.3 is 0 Å². The smallest absolute Gasteiger partial charge is 0.234 e. The van der Waals surface area contributed by atoms with E-state index in [2.05, 4.69) is 5.32 Å². The van der Waals surface area contributed by atoms with Gasteiger partial charge in [-0.2, -0.15) is 0 Å². The summed E-state index contributed by atoms with van der Waals surface area (Å²) in [5.41, 5.74) is 3.93. The van der Waals surface area contributed by atoms with E-state index in [1.54, 1.807) is 43.5 Å². The third-order valence-corrected chi connectivity index (χ3v) is 5.61. The van der Waals surface area contributed by atoms with Crippen LogP contribution in [0.4, 0.5) is 10.1 Å². The van der Waals surface area contributed by atoms with Crippen LogP contribution in [0.2, 0.25) is 0 Å². The zero-order valence-electron chi connectivity index (χ0n) is 16.8. The number of para-hydroxylation sites is 2. The van der Waals surface area contributed by atoms with Gasteiger partial charge in [0, 0.05) is 12.1 Å². The van der Waals surface area contributed by atoms with E-state index in [0.717, 1.165) is 28.0 Å². The molecule has 0 unspecified atom stereocenters. The molecule has 0 fully saturated rings. The van der Waals surface area contributed by atoms with Crippen LogP contribution in [0.15, 0.2) is 77.8 Å². The second kappa shape index (κ2) is 9.57. The lowest BCUT2D eigenvalue weighted by molar-refractivity contribution is -0.113. The third kappa shape index (κ3) is 5.38. The number of carbonyl (C=O) groups is 1. The van der Waals surface area contributed by atoms with Gasteiger partial charge in [-0.1, -0.05) is 36.0 Å². The molecule has 3 aromatic carbocycles. The standard InChI is InChI=1S/C24H20FN3O2S/c1-30-19-12-10-18(11-13-19)26-23(29)15-31-24-22(14-16-6-8-17(25)9-7-16)27-20-4-2-3-5-21(20)28-24/h2-13H,14-15H2,1H3,(H,26,29). The summed E-state index contributed by atoms with van der Waals surface area (Å²) in [5, 5.41) is 3.56. The van der Waals surface area contributed by atoms with Crippen LogP contribution >= 0.6 is 11.8 Å². The molecule has 0 aliphatic rings. The number of nitrogens with one attached hydrogen (secondary N) is 1. The molecule has 0 aliphatic heterocycles. The molecule has 0 spiro atoms. The van der Waals surface area contributed by atoms with Crippen LogP contribution in [0.5, 0.6) is 5.75 Å². The first-order chi connectivity index (χ1) is 15.1. The monoisotopic (exact) mass is 433 g/mol. The molecule has 1 amide bonds. The average molecular weight is 434 g/mol. The van der Waals surface area contributed by atoms with Gasteiger partial charge in [0.05, 0.1) is 29.6 Å². The fourth-order valence-electron chi connectivity index (χ4n) is 3.05. The predicted octanol–water partition coefficient (Wildman–Crippen LogP) is 5.10. The van der Waals surface area contributed by atoms with Gasteiger partial charge in [-0.3, -0.25) is 4.79 Å². The van der Waals surface area contributed by atoms with E-state index in [0.29, 0.717) is 17.1 Å². The Hall–Kier alpha value is -3.45. The van der Waals surface area contributed by atoms with E-state index in [-0.39, 0.29) is 17.5 Å². The molecule has 0 bridgehead atoms. The van der Waals surface area contributed by atoms with Crippen molar-refractivity contribution in [3.05, 3.63) is 89.9 Å². The molecule has 0 radical (unpaired) electrons. The number of fused-ring (bicyclic) bond motifs is 1. The number of ether oxygens (including phenoxy) is 1. The first-order valence-electron chi connectivity index (χ1n) is 9.67. The molecule has 1 aromatic heterocycles. The van der Waals surface area contributed by atoms with Crippen molar-refractivity contribution in [2.45, 2.75) is 11.4 Å². The summed E-state index contributed by atoms with van der Waals surface area (Å²) in [6.45, 7) is 0. The first-order valence-corrected chi connectivity index (χ1v) is 10.7. The Bertz CT molecular complexity index is 1200. The Kier molecular flexibility index (Phi) is 6.43. The summed E-state index contributed by atoms with van der Waals surface area (Å²) in [6, 6.07) is 21.1. The first kappa shape index (κ1) is 20.8. The molecule has 31 heavy (non-hydrogen) atoms. The van der Waals surface area contributed by atoms with Crippen LogP contribution in [0, 0.1) is 5.82 Å². The molecule has 0 saturated heterocycles. The molecule has 0 saturated carbocycles. The Balaban J connectivity index is 1.52. The van der Waals surface area contributed by atoms with Crippen molar-refractivity contribution in [2.75, 3.05) is 18.2 Å². The lowest BCUT2D eigenvalue weighted by Crippen LogP contribution is -2.14. The van der Waals surface area contributed by atoms with Gasteiger partial charge in [0.25, 0.3) is 0 Å². The Morgan fingerprint density at radius 1 is 0.968 bits per heavy atom. The number of hydrogen-bond acceptors (Lipinski definition) is 5. The highest BCUT2D eigenvalue weighted by Gasteiger charge is 2.13. The number of benzene rings is 3. The molecule has 4 aromatic rings. The zero-order valence-corrected chi connectivity index (χ0v) is 17.7. The summed E-state index contributed by atoms with van der Waals surface area (Å²) in [4.78, 5) is 21.9. The highest BCUT2D eigenvalue weighted by atomic mass is 32.2. The number of methoxy groups -OCH3 is 1. The minimum absolute atomic E-state index is 0.141. The van der Waals surface area contributed by atoms with Gasteiger partial charge in [-0.15, -0.1) is 0 Å². The van der Waals surface area contributed by atoms with Crippen LogP contribution in [0.3, 0.4) is 0 Å². The van der Waals surface area contributed by atoms with Crippen LogP contribution in [0.1, 0.15) is 11.3 Å². The van der Waals surface area contributed by atoms with E-state index in [4.69, 9.17) is 14.7 Å². The largest absolute Gasteiger partial charge is 0.497 e. The van der Waals surface area contributed by atoms with Gasteiger partial charge in [-0.25, -0.2) is 14.4 Å². The summed E-state index contributed by atoms with van der Waals surface area (Å²) >= 11 is 1.33. The third-order valence-electron chi connectivity index (χ3n) is 4.60. The van der Waals surface area contributed by atoms with Crippen LogP contribution < -0.4 is 10.1 Å². The van der Waals surface area contributed by atoms with Crippen molar-refractivity contribution in [3.63, 3.8) is 0 Å². The highest BCUT2D eigenvalue weighted by Crippen LogP contribution is 2.25. The molecule has 1 N–H and O–H groups in total. The quantitative estimate of drug-likeness (QED) is 0.411. The van der Waals surface area contributed by atoms with E-state index in [1.807, 2.05) is 24.3 Å². The molecule has 156 valence electrons. The number of nitrogens with zero attached hydrogens (tertiary/aromatic N) is 2. The van der Waals surface area contributed by atoms with Crippen molar-refractivity contribution < 1.29 is 13.9 Å². The van der Waals surface area contributed by atoms with Gasteiger partial charge in [0.2, 0.25) is 5.91 Å². The Morgan fingerprint density at radius 2 is 1.65 bits per heavy atom. The van der Waals surface area contributed by atoms with E-state index >= 15 is 0 Å². The normalized spacial score (nSPS) is 10.8. The molecule has 0 aliphatic carbocycles. The maximum absolute atomic E-state index is 13.3. The lowest BCUT2D eigenvalue weighted by atomic mass is 10.1. The van der Waals surface area contributed by atoms with E-state index < -0.39 is 0 Å². The topological polar surface area (TPSA) is 64.1 Å². The number of rotatable bonds is 7. The van der Waals surface area contributed by atoms with Crippen molar-refractivity contribution in [1.82, 2.24) is 9.97 Å². The number of carbonyl (C=O) groups excluding carboxylic acids is 1. The number of thioether (sulfide) groups is 1. The van der Waals surface area contributed by atoms with E-state index in [9.17, 15) is 9.18 Å². The molecular formula is C24H20FN3O2S. The fourth-order valence-corrected chi connectivity index (χ4v) is 3.84. The summed E-state index contributed by atoms with van der Waals surface area (Å²) in [6.07, 6.45) is 0.501. The van der Waals surface area contributed by atoms with Gasteiger partial charge in [0.1, 0.15) is 16.6 Å². The lowest BCUT2D eigenvalue weighted by Gasteiger charge is -2.10. The number of hydrogen-bond donors (Lipinski definition) is 1. The maximum Gasteiger partial charge on any atom is 0.234 e. The average Bonchev–Trinajstić information content (AvgIpc) is 2.79. The maximum atomic E-state index is 13.3. The van der Waals surface area contributed by atoms with Crippen molar-refractivity contribution in [2.24, 2.45) is 0 Å². The van der Waals surface area contributed by atoms with Crippen LogP contribution in [-0.2, 0) is 11.2 Å². The Morgan fingerprint density at radius 3 is 2.32 bits per heavy atom. The molecule has 5 nitrogen and oxygen atoms in total.